The summed E-state index contributed by atoms with van der Waals surface area (Å²) in [5, 5.41) is 13.2. The second-order valence-electron chi connectivity index (χ2n) is 4.72. The topological polar surface area (TPSA) is 68.1 Å². The molecule has 23 heavy (non-hydrogen) atoms. The molecule has 1 heterocycles. The number of nitrogens with zero attached hydrogens (tertiary/aromatic N) is 2. The maximum absolute atomic E-state index is 12.8. The first-order chi connectivity index (χ1) is 10.7. The molecule has 0 bridgehead atoms. The minimum atomic E-state index is -4.77. The molecule has 0 saturated carbocycles. The van der Waals surface area contributed by atoms with Gasteiger partial charge < -0.3 is 5.32 Å². The molecule has 1 N–H and O–H groups in total. The van der Waals surface area contributed by atoms with Crippen molar-refractivity contribution >= 4 is 23.0 Å². The molecule has 5 nitrogen and oxygen atoms in total. The van der Waals surface area contributed by atoms with Crippen LogP contribution in [0.3, 0.4) is 0 Å². The van der Waals surface area contributed by atoms with Gasteiger partial charge in [-0.3, -0.25) is 15.1 Å². The van der Waals surface area contributed by atoms with Crippen molar-refractivity contribution in [3.05, 3.63) is 62.9 Å². The molecule has 0 spiro atoms. The highest BCUT2D eigenvalue weighted by molar-refractivity contribution is 6.31. The Kier molecular flexibility index (Phi) is 4.74. The number of hydrogen-bond acceptors (Lipinski definition) is 4. The van der Waals surface area contributed by atoms with E-state index in [0.717, 1.165) is 6.07 Å². The van der Waals surface area contributed by atoms with Crippen molar-refractivity contribution in [2.75, 3.05) is 5.32 Å². The molecular weight excluding hydrogens is 335 g/mol. The van der Waals surface area contributed by atoms with Gasteiger partial charge in [-0.2, -0.15) is 13.2 Å². The largest absolute Gasteiger partial charge is 0.418 e. The summed E-state index contributed by atoms with van der Waals surface area (Å²) in [5.41, 5.74) is -1.48. The molecule has 122 valence electrons. The highest BCUT2D eigenvalue weighted by Crippen LogP contribution is 2.40. The van der Waals surface area contributed by atoms with Crippen LogP contribution in [0.4, 0.5) is 24.5 Å². The minimum absolute atomic E-state index is 0.105. The van der Waals surface area contributed by atoms with E-state index < -0.39 is 33.4 Å². The van der Waals surface area contributed by atoms with Crippen LogP contribution in [0.1, 0.15) is 24.2 Å². The molecule has 1 aromatic heterocycles. The van der Waals surface area contributed by atoms with Gasteiger partial charge in [0, 0.05) is 12.3 Å². The number of pyridine rings is 1. The number of halogens is 4. The van der Waals surface area contributed by atoms with Gasteiger partial charge in [0.1, 0.15) is 5.69 Å². The zero-order valence-corrected chi connectivity index (χ0v) is 12.5. The molecular formula is C14H11ClF3N3O2. The number of anilines is 1. The van der Waals surface area contributed by atoms with Gasteiger partial charge in [-0.05, 0) is 25.1 Å². The molecule has 0 aliphatic rings. The number of benzene rings is 1. The summed E-state index contributed by atoms with van der Waals surface area (Å²) in [6.07, 6.45) is -3.23. The Morgan fingerprint density at radius 1 is 1.35 bits per heavy atom. The minimum Gasteiger partial charge on any atom is -0.371 e. The van der Waals surface area contributed by atoms with Crippen LogP contribution in [0.15, 0.2) is 36.5 Å². The Morgan fingerprint density at radius 3 is 2.57 bits per heavy atom. The summed E-state index contributed by atoms with van der Waals surface area (Å²) in [4.78, 5) is 14.3. The zero-order valence-electron chi connectivity index (χ0n) is 11.8. The van der Waals surface area contributed by atoms with Gasteiger partial charge in [-0.1, -0.05) is 17.7 Å². The molecule has 2 aromatic rings. The summed E-state index contributed by atoms with van der Waals surface area (Å²) in [7, 11) is 0. The molecule has 2 rings (SSSR count). The first-order valence-corrected chi connectivity index (χ1v) is 6.80. The molecule has 0 fully saturated rings. The Morgan fingerprint density at radius 2 is 2.04 bits per heavy atom. The third-order valence-corrected chi connectivity index (χ3v) is 3.40. The van der Waals surface area contributed by atoms with Gasteiger partial charge >= 0.3 is 6.18 Å². The van der Waals surface area contributed by atoms with Crippen LogP contribution in [-0.2, 0) is 6.18 Å². The normalized spacial score (nSPS) is 12.7. The first kappa shape index (κ1) is 17.0. The second kappa shape index (κ2) is 6.41. The molecule has 0 radical (unpaired) electrons. The van der Waals surface area contributed by atoms with Crippen molar-refractivity contribution in [1.29, 1.82) is 0 Å². The SMILES string of the molecule is CC(Nc1cc(Cl)c(C(F)(F)F)cc1[N+](=O)[O-])c1ccccn1. The molecule has 1 atom stereocenters. The first-order valence-electron chi connectivity index (χ1n) is 6.42. The van der Waals surface area contributed by atoms with Crippen LogP contribution in [0.25, 0.3) is 0 Å². The summed E-state index contributed by atoms with van der Waals surface area (Å²) >= 11 is 5.62. The molecule has 0 saturated heterocycles. The molecule has 9 heteroatoms. The fourth-order valence-corrected chi connectivity index (χ4v) is 2.26. The molecule has 1 unspecified atom stereocenters. The zero-order chi connectivity index (χ0) is 17.2. The summed E-state index contributed by atoms with van der Waals surface area (Å²) in [6, 6.07) is 6.00. The van der Waals surface area contributed by atoms with Gasteiger partial charge in [0.2, 0.25) is 0 Å². The van der Waals surface area contributed by atoms with E-state index in [4.69, 9.17) is 11.6 Å². The average Bonchev–Trinajstić information content (AvgIpc) is 2.46. The van der Waals surface area contributed by atoms with E-state index in [1.54, 1.807) is 31.3 Å². The lowest BCUT2D eigenvalue weighted by Gasteiger charge is -2.16. The second-order valence-corrected chi connectivity index (χ2v) is 5.13. The number of aromatic nitrogens is 1. The molecule has 0 aliphatic heterocycles. The van der Waals surface area contributed by atoms with Gasteiger partial charge in [0.05, 0.1) is 27.2 Å². The van der Waals surface area contributed by atoms with Crippen LogP contribution in [0, 0.1) is 10.1 Å². The van der Waals surface area contributed by atoms with E-state index in [9.17, 15) is 23.3 Å². The van der Waals surface area contributed by atoms with Crippen LogP contribution < -0.4 is 5.32 Å². The summed E-state index contributed by atoms with van der Waals surface area (Å²) < 4.78 is 38.4. The molecule has 0 amide bonds. The van der Waals surface area contributed by atoms with Crippen molar-refractivity contribution < 1.29 is 18.1 Å². The van der Waals surface area contributed by atoms with Crippen LogP contribution in [0.2, 0.25) is 5.02 Å². The maximum atomic E-state index is 12.8. The van der Waals surface area contributed by atoms with Gasteiger partial charge in [-0.25, -0.2) is 0 Å². The molecule has 1 aromatic carbocycles. The van der Waals surface area contributed by atoms with Gasteiger partial charge in [0.25, 0.3) is 5.69 Å². The predicted molar refractivity (Wildman–Crippen MR) is 79.4 cm³/mol. The third kappa shape index (κ3) is 3.89. The quantitative estimate of drug-likeness (QED) is 0.636. The standard InChI is InChI=1S/C14H11ClF3N3O2/c1-8(11-4-2-3-5-19-11)20-12-7-10(15)9(14(16,17)18)6-13(12)21(22)23/h2-8,20H,1H3. The predicted octanol–water partition coefficient (Wildman–Crippen LogP) is 4.84. The Balaban J connectivity index is 2.42. The van der Waals surface area contributed by atoms with Crippen molar-refractivity contribution in [2.45, 2.75) is 19.1 Å². The smallest absolute Gasteiger partial charge is 0.371 e. The Hall–Kier alpha value is -2.35. The highest BCUT2D eigenvalue weighted by atomic mass is 35.5. The fourth-order valence-electron chi connectivity index (χ4n) is 1.99. The Labute approximate surface area is 134 Å². The third-order valence-electron chi connectivity index (χ3n) is 3.09. The van der Waals surface area contributed by atoms with Crippen molar-refractivity contribution in [3.63, 3.8) is 0 Å². The van der Waals surface area contributed by atoms with E-state index in [1.807, 2.05) is 0 Å². The number of hydrogen-bond donors (Lipinski definition) is 1. The fraction of sp³-hybridized carbons (Fsp3) is 0.214. The van der Waals surface area contributed by atoms with E-state index in [2.05, 4.69) is 10.3 Å². The lowest BCUT2D eigenvalue weighted by Crippen LogP contribution is -2.12. The monoisotopic (exact) mass is 345 g/mol. The van der Waals surface area contributed by atoms with Crippen molar-refractivity contribution in [2.24, 2.45) is 0 Å². The Bertz CT molecular complexity index is 723. The van der Waals surface area contributed by atoms with E-state index in [-0.39, 0.29) is 5.69 Å². The van der Waals surface area contributed by atoms with Crippen molar-refractivity contribution in [3.8, 4) is 0 Å². The lowest BCUT2D eigenvalue weighted by molar-refractivity contribution is -0.384. The van der Waals surface area contributed by atoms with Gasteiger partial charge in [-0.15, -0.1) is 0 Å². The lowest BCUT2D eigenvalue weighted by atomic mass is 10.1. The van der Waals surface area contributed by atoms with E-state index in [1.165, 1.54) is 0 Å². The van der Waals surface area contributed by atoms with Crippen molar-refractivity contribution in [1.82, 2.24) is 4.98 Å². The molecule has 0 aliphatic carbocycles. The number of alkyl halides is 3. The highest BCUT2D eigenvalue weighted by Gasteiger charge is 2.36. The maximum Gasteiger partial charge on any atom is 0.418 e. The van der Waals surface area contributed by atoms with E-state index >= 15 is 0 Å². The van der Waals surface area contributed by atoms with Crippen LogP contribution in [0.5, 0.6) is 0 Å². The number of nitro groups is 1. The number of nitrogens with one attached hydrogen (secondary N) is 1. The number of rotatable bonds is 4. The van der Waals surface area contributed by atoms with Crippen LogP contribution >= 0.6 is 11.6 Å². The van der Waals surface area contributed by atoms with E-state index in [0.29, 0.717) is 11.8 Å². The summed E-state index contributed by atoms with van der Waals surface area (Å²) in [6.45, 7) is 1.68. The van der Waals surface area contributed by atoms with Crippen LogP contribution in [-0.4, -0.2) is 9.91 Å². The van der Waals surface area contributed by atoms with Gasteiger partial charge in [0.15, 0.2) is 0 Å². The summed E-state index contributed by atoms with van der Waals surface area (Å²) in [5.74, 6) is 0. The average molecular weight is 346 g/mol. The number of nitro benzene ring substituents is 1.